The van der Waals surface area contributed by atoms with E-state index >= 15 is 0 Å². The average molecular weight is 220 g/mol. The van der Waals surface area contributed by atoms with Crippen molar-refractivity contribution in [3.05, 3.63) is 12.2 Å². The van der Waals surface area contributed by atoms with Crippen molar-refractivity contribution in [2.24, 2.45) is 0 Å². The van der Waals surface area contributed by atoms with E-state index < -0.39 is 0 Å². The van der Waals surface area contributed by atoms with E-state index in [9.17, 15) is 0 Å². The predicted molar refractivity (Wildman–Crippen MR) is 62.4 cm³/mol. The Morgan fingerprint density at radius 3 is 2.81 bits per heavy atom. The first kappa shape index (κ1) is 10.3. The molecule has 1 saturated heterocycles. The minimum absolute atomic E-state index is 0.587. The molecule has 1 aliphatic heterocycles. The van der Waals surface area contributed by atoms with Gasteiger partial charge in [0.2, 0.25) is 0 Å². The average Bonchev–Trinajstić information content (AvgIpc) is 3.01. The summed E-state index contributed by atoms with van der Waals surface area (Å²) < 4.78 is 2.36. The van der Waals surface area contributed by atoms with Crippen LogP contribution in [0, 0.1) is 0 Å². The van der Waals surface area contributed by atoms with E-state index in [1.807, 2.05) is 6.33 Å². The summed E-state index contributed by atoms with van der Waals surface area (Å²) in [7, 11) is 0. The van der Waals surface area contributed by atoms with Crippen LogP contribution in [-0.4, -0.2) is 27.9 Å². The van der Waals surface area contributed by atoms with Crippen molar-refractivity contribution in [3.8, 4) is 0 Å². The molecule has 4 heteroatoms. The lowest BCUT2D eigenvalue weighted by Gasteiger charge is -2.25. The van der Waals surface area contributed by atoms with Crippen molar-refractivity contribution in [1.82, 2.24) is 20.1 Å². The molecule has 1 saturated carbocycles. The second kappa shape index (κ2) is 4.53. The Kier molecular flexibility index (Phi) is 2.91. The minimum Gasteiger partial charge on any atom is -0.316 e. The Bertz CT molecular complexity index is 335. The third kappa shape index (κ3) is 1.86. The van der Waals surface area contributed by atoms with Gasteiger partial charge in [0, 0.05) is 18.5 Å². The lowest BCUT2D eigenvalue weighted by molar-refractivity contribution is 0.341. The number of aromatic nitrogens is 3. The Hall–Kier alpha value is -0.900. The number of rotatable bonds is 2. The van der Waals surface area contributed by atoms with Crippen molar-refractivity contribution >= 4 is 0 Å². The second-order valence-electron chi connectivity index (χ2n) is 5.08. The van der Waals surface area contributed by atoms with E-state index in [0.29, 0.717) is 12.0 Å². The molecule has 2 fully saturated rings. The van der Waals surface area contributed by atoms with Crippen LogP contribution in [0.3, 0.4) is 0 Å². The molecule has 3 rings (SSSR count). The maximum Gasteiger partial charge on any atom is 0.137 e. The normalized spacial score (nSPS) is 27.4. The highest BCUT2D eigenvalue weighted by Crippen LogP contribution is 2.31. The first-order valence-corrected chi connectivity index (χ1v) is 6.55. The van der Waals surface area contributed by atoms with E-state index in [-0.39, 0.29) is 0 Å². The molecule has 1 aliphatic carbocycles. The number of nitrogens with zero attached hydrogens (tertiary/aromatic N) is 3. The summed E-state index contributed by atoms with van der Waals surface area (Å²) in [5.74, 6) is 1.81. The van der Waals surface area contributed by atoms with E-state index in [4.69, 9.17) is 0 Å². The molecule has 4 nitrogen and oxygen atoms in total. The third-order valence-electron chi connectivity index (χ3n) is 3.99. The molecule has 1 unspecified atom stereocenters. The minimum atomic E-state index is 0.587. The van der Waals surface area contributed by atoms with Gasteiger partial charge in [0.1, 0.15) is 12.2 Å². The zero-order valence-corrected chi connectivity index (χ0v) is 9.73. The molecule has 0 radical (unpaired) electrons. The van der Waals surface area contributed by atoms with Gasteiger partial charge in [0.15, 0.2) is 0 Å². The summed E-state index contributed by atoms with van der Waals surface area (Å²) in [5, 5.41) is 11.9. The summed E-state index contributed by atoms with van der Waals surface area (Å²) in [6.07, 6.45) is 9.92. The maximum atomic E-state index is 4.35. The Morgan fingerprint density at radius 2 is 2.06 bits per heavy atom. The van der Waals surface area contributed by atoms with Crippen LogP contribution in [0.1, 0.15) is 56.3 Å². The Balaban J connectivity index is 1.80. The van der Waals surface area contributed by atoms with E-state index in [2.05, 4.69) is 20.1 Å². The fourth-order valence-electron chi connectivity index (χ4n) is 3.06. The molecular formula is C12H20N4. The lowest BCUT2D eigenvalue weighted by Crippen LogP contribution is -2.18. The predicted octanol–water partition coefficient (Wildman–Crippen LogP) is 1.86. The largest absolute Gasteiger partial charge is 0.316 e. The van der Waals surface area contributed by atoms with Gasteiger partial charge >= 0.3 is 0 Å². The fourth-order valence-corrected chi connectivity index (χ4v) is 3.06. The standard InChI is InChI=1S/C12H20N4/c1-2-4-11(5-3-1)16-9-14-15-12(16)10-6-7-13-8-10/h9-11,13H,1-8H2. The number of nitrogens with one attached hydrogen (secondary N) is 1. The van der Waals surface area contributed by atoms with Crippen LogP contribution >= 0.6 is 0 Å². The summed E-state index contributed by atoms with van der Waals surface area (Å²) >= 11 is 0. The van der Waals surface area contributed by atoms with Gasteiger partial charge in [-0.2, -0.15) is 0 Å². The topological polar surface area (TPSA) is 42.7 Å². The summed E-state index contributed by atoms with van der Waals surface area (Å²) in [6, 6.07) is 0.666. The van der Waals surface area contributed by atoms with Crippen LogP contribution < -0.4 is 5.32 Å². The van der Waals surface area contributed by atoms with Gasteiger partial charge < -0.3 is 9.88 Å². The summed E-state index contributed by atoms with van der Waals surface area (Å²) in [6.45, 7) is 2.20. The summed E-state index contributed by atoms with van der Waals surface area (Å²) in [5.41, 5.74) is 0. The molecular weight excluding hydrogens is 200 g/mol. The zero-order valence-electron chi connectivity index (χ0n) is 9.73. The number of hydrogen-bond donors (Lipinski definition) is 1. The molecule has 1 aromatic heterocycles. The third-order valence-corrected chi connectivity index (χ3v) is 3.99. The smallest absolute Gasteiger partial charge is 0.137 e. The molecule has 2 heterocycles. The van der Waals surface area contributed by atoms with Crippen LogP contribution in [0.15, 0.2) is 6.33 Å². The van der Waals surface area contributed by atoms with E-state index in [1.54, 1.807) is 0 Å². The van der Waals surface area contributed by atoms with Gasteiger partial charge in [0.25, 0.3) is 0 Å². The fraction of sp³-hybridized carbons (Fsp3) is 0.833. The molecule has 0 spiro atoms. The maximum absolute atomic E-state index is 4.35. The van der Waals surface area contributed by atoms with Crippen LogP contribution in [0.2, 0.25) is 0 Å². The zero-order chi connectivity index (χ0) is 10.8. The Labute approximate surface area is 96.4 Å². The summed E-state index contributed by atoms with van der Waals surface area (Å²) in [4.78, 5) is 0. The molecule has 0 aromatic carbocycles. The van der Waals surface area contributed by atoms with Crippen molar-refractivity contribution in [3.63, 3.8) is 0 Å². The van der Waals surface area contributed by atoms with Gasteiger partial charge in [-0.15, -0.1) is 10.2 Å². The van der Waals surface area contributed by atoms with Crippen molar-refractivity contribution in [2.45, 2.75) is 50.5 Å². The van der Waals surface area contributed by atoms with Crippen LogP contribution in [0.4, 0.5) is 0 Å². The SMILES string of the molecule is c1nnc(C2CCNC2)n1C1CCCCC1. The highest BCUT2D eigenvalue weighted by Gasteiger charge is 2.25. The highest BCUT2D eigenvalue weighted by molar-refractivity contribution is 5.02. The van der Waals surface area contributed by atoms with E-state index in [1.165, 1.54) is 44.3 Å². The van der Waals surface area contributed by atoms with Crippen LogP contribution in [0.25, 0.3) is 0 Å². The van der Waals surface area contributed by atoms with Crippen LogP contribution in [0.5, 0.6) is 0 Å². The molecule has 0 bridgehead atoms. The van der Waals surface area contributed by atoms with Crippen molar-refractivity contribution in [2.75, 3.05) is 13.1 Å². The molecule has 16 heavy (non-hydrogen) atoms. The van der Waals surface area contributed by atoms with Crippen molar-refractivity contribution in [1.29, 1.82) is 0 Å². The molecule has 1 aromatic rings. The molecule has 88 valence electrons. The van der Waals surface area contributed by atoms with Crippen LogP contribution in [-0.2, 0) is 0 Å². The molecule has 0 amide bonds. The first-order valence-electron chi connectivity index (χ1n) is 6.55. The van der Waals surface area contributed by atoms with Crippen molar-refractivity contribution < 1.29 is 0 Å². The molecule has 1 N–H and O–H groups in total. The van der Waals surface area contributed by atoms with Gasteiger partial charge in [-0.05, 0) is 25.8 Å². The Morgan fingerprint density at radius 1 is 1.19 bits per heavy atom. The highest BCUT2D eigenvalue weighted by atomic mass is 15.3. The van der Waals surface area contributed by atoms with Gasteiger partial charge in [-0.3, -0.25) is 0 Å². The monoisotopic (exact) mass is 220 g/mol. The molecule has 1 atom stereocenters. The second-order valence-corrected chi connectivity index (χ2v) is 5.08. The van der Waals surface area contributed by atoms with Gasteiger partial charge in [0.05, 0.1) is 0 Å². The number of hydrogen-bond acceptors (Lipinski definition) is 3. The first-order chi connectivity index (χ1) is 7.95. The van der Waals surface area contributed by atoms with E-state index in [0.717, 1.165) is 13.1 Å². The van der Waals surface area contributed by atoms with Gasteiger partial charge in [-0.1, -0.05) is 19.3 Å². The lowest BCUT2D eigenvalue weighted by atomic mass is 9.94. The quantitative estimate of drug-likeness (QED) is 0.827. The van der Waals surface area contributed by atoms with Gasteiger partial charge in [-0.25, -0.2) is 0 Å². The molecule has 2 aliphatic rings.